The number of rotatable bonds is 9. The van der Waals surface area contributed by atoms with Gasteiger partial charge in [0, 0.05) is 36.0 Å². The molecule has 0 saturated heterocycles. The van der Waals surface area contributed by atoms with Gasteiger partial charge in [0.15, 0.2) is 0 Å². The van der Waals surface area contributed by atoms with E-state index in [9.17, 15) is 4.79 Å². The summed E-state index contributed by atoms with van der Waals surface area (Å²) in [5.74, 6) is 0.646. The van der Waals surface area contributed by atoms with Gasteiger partial charge in [-0.1, -0.05) is 44.2 Å². The van der Waals surface area contributed by atoms with Gasteiger partial charge in [-0.05, 0) is 37.4 Å². The van der Waals surface area contributed by atoms with Crippen molar-refractivity contribution in [2.45, 2.75) is 13.8 Å². The average molecular weight is 390 g/mol. The zero-order chi connectivity index (χ0) is 20.5. The second-order valence-electron chi connectivity index (χ2n) is 6.64. The number of nitrogens with zero attached hydrogens (tertiary/aromatic N) is 3. The summed E-state index contributed by atoms with van der Waals surface area (Å²) in [7, 11) is 0. The summed E-state index contributed by atoms with van der Waals surface area (Å²) >= 11 is 0. The van der Waals surface area contributed by atoms with Crippen molar-refractivity contribution in [3.05, 3.63) is 72.6 Å². The molecule has 6 nitrogen and oxygen atoms in total. The highest BCUT2D eigenvalue weighted by molar-refractivity contribution is 5.94. The van der Waals surface area contributed by atoms with E-state index >= 15 is 0 Å². The standard InChI is InChI=1S/C23H27N5O/c1-3-28(4-2)15-14-24-23(29)19-10-12-20(13-11-19)27-22-16-21(25-17-26-22)18-8-6-5-7-9-18/h5-13,16-17H,3-4,14-15H2,1-2H3,(H,24,29)(H,25,26,27). The van der Waals surface area contributed by atoms with Gasteiger partial charge in [0.2, 0.25) is 0 Å². The number of likely N-dealkylation sites (N-methyl/N-ethyl adjacent to an activating group) is 1. The molecule has 0 bridgehead atoms. The van der Waals surface area contributed by atoms with Crippen molar-refractivity contribution in [2.75, 3.05) is 31.5 Å². The van der Waals surface area contributed by atoms with Crippen molar-refractivity contribution >= 4 is 17.4 Å². The molecule has 2 aromatic carbocycles. The maximum absolute atomic E-state index is 12.3. The third kappa shape index (κ3) is 5.86. The van der Waals surface area contributed by atoms with Crippen molar-refractivity contribution in [3.63, 3.8) is 0 Å². The quantitative estimate of drug-likeness (QED) is 0.580. The summed E-state index contributed by atoms with van der Waals surface area (Å²) in [5, 5.41) is 6.24. The van der Waals surface area contributed by atoms with Gasteiger partial charge in [-0.2, -0.15) is 0 Å². The number of nitrogens with one attached hydrogen (secondary N) is 2. The van der Waals surface area contributed by atoms with E-state index in [2.05, 4.69) is 39.3 Å². The van der Waals surface area contributed by atoms with Crippen LogP contribution in [0.5, 0.6) is 0 Å². The SMILES string of the molecule is CCN(CC)CCNC(=O)c1ccc(Nc2cc(-c3ccccc3)ncn2)cc1. The van der Waals surface area contributed by atoms with Gasteiger partial charge in [-0.3, -0.25) is 4.79 Å². The molecule has 1 heterocycles. The van der Waals surface area contributed by atoms with Gasteiger partial charge < -0.3 is 15.5 Å². The Kier molecular flexibility index (Phi) is 7.30. The van der Waals surface area contributed by atoms with Crippen LogP contribution in [0.4, 0.5) is 11.5 Å². The Morgan fingerprint density at radius 3 is 2.38 bits per heavy atom. The summed E-state index contributed by atoms with van der Waals surface area (Å²) in [6.07, 6.45) is 1.54. The highest BCUT2D eigenvalue weighted by Crippen LogP contribution is 2.21. The third-order valence-corrected chi connectivity index (χ3v) is 4.76. The topological polar surface area (TPSA) is 70.2 Å². The Labute approximate surface area is 172 Å². The number of carbonyl (C=O) groups excluding carboxylic acids is 1. The lowest BCUT2D eigenvalue weighted by Crippen LogP contribution is -2.34. The lowest BCUT2D eigenvalue weighted by atomic mass is 10.1. The first-order valence-corrected chi connectivity index (χ1v) is 9.94. The zero-order valence-corrected chi connectivity index (χ0v) is 16.9. The molecule has 0 atom stereocenters. The van der Waals surface area contributed by atoms with Crippen LogP contribution in [0.1, 0.15) is 24.2 Å². The number of hydrogen-bond donors (Lipinski definition) is 2. The maximum Gasteiger partial charge on any atom is 0.251 e. The molecule has 0 aliphatic carbocycles. The molecule has 2 N–H and O–H groups in total. The average Bonchev–Trinajstić information content (AvgIpc) is 2.78. The van der Waals surface area contributed by atoms with E-state index in [0.717, 1.165) is 36.6 Å². The first-order chi connectivity index (χ1) is 14.2. The number of carbonyl (C=O) groups is 1. The van der Waals surface area contributed by atoms with Crippen molar-refractivity contribution in [1.29, 1.82) is 0 Å². The molecule has 0 fully saturated rings. The fraction of sp³-hybridized carbons (Fsp3) is 0.261. The van der Waals surface area contributed by atoms with E-state index in [4.69, 9.17) is 0 Å². The molecular formula is C23H27N5O. The third-order valence-electron chi connectivity index (χ3n) is 4.76. The molecule has 3 aromatic rings. The van der Waals surface area contributed by atoms with Crippen LogP contribution in [-0.2, 0) is 0 Å². The van der Waals surface area contributed by atoms with Gasteiger partial charge >= 0.3 is 0 Å². The summed E-state index contributed by atoms with van der Waals surface area (Å²) in [6.45, 7) is 7.72. The minimum atomic E-state index is -0.0582. The Morgan fingerprint density at radius 2 is 1.69 bits per heavy atom. The first kappa shape index (κ1) is 20.5. The van der Waals surface area contributed by atoms with Gasteiger partial charge in [-0.15, -0.1) is 0 Å². The van der Waals surface area contributed by atoms with Crippen LogP contribution in [0.2, 0.25) is 0 Å². The number of aromatic nitrogens is 2. The Morgan fingerprint density at radius 1 is 0.966 bits per heavy atom. The molecule has 1 amide bonds. The highest BCUT2D eigenvalue weighted by atomic mass is 16.1. The minimum absolute atomic E-state index is 0.0582. The van der Waals surface area contributed by atoms with Crippen LogP contribution >= 0.6 is 0 Å². The fourth-order valence-corrected chi connectivity index (χ4v) is 3.01. The highest BCUT2D eigenvalue weighted by Gasteiger charge is 2.07. The lowest BCUT2D eigenvalue weighted by Gasteiger charge is -2.18. The molecule has 0 aliphatic rings. The monoisotopic (exact) mass is 389 g/mol. The van der Waals surface area contributed by atoms with E-state index in [1.807, 2.05) is 60.7 Å². The Hall–Kier alpha value is -3.25. The van der Waals surface area contributed by atoms with Gasteiger partial charge in [0.1, 0.15) is 12.1 Å². The second-order valence-corrected chi connectivity index (χ2v) is 6.64. The van der Waals surface area contributed by atoms with E-state index in [0.29, 0.717) is 17.9 Å². The van der Waals surface area contributed by atoms with E-state index in [-0.39, 0.29) is 5.91 Å². The van der Waals surface area contributed by atoms with E-state index in [1.165, 1.54) is 0 Å². The number of hydrogen-bond acceptors (Lipinski definition) is 5. The normalized spacial score (nSPS) is 10.7. The predicted octanol–water partition coefficient (Wildman–Crippen LogP) is 3.96. The second kappa shape index (κ2) is 10.3. The first-order valence-electron chi connectivity index (χ1n) is 9.94. The molecule has 0 unspecified atom stereocenters. The fourth-order valence-electron chi connectivity index (χ4n) is 3.01. The Bertz CT molecular complexity index is 908. The number of anilines is 2. The molecular weight excluding hydrogens is 362 g/mol. The molecule has 29 heavy (non-hydrogen) atoms. The van der Waals surface area contributed by atoms with Crippen molar-refractivity contribution in [1.82, 2.24) is 20.2 Å². The molecule has 0 spiro atoms. The summed E-state index contributed by atoms with van der Waals surface area (Å²) in [6, 6.07) is 19.3. The number of amides is 1. The van der Waals surface area contributed by atoms with Crippen LogP contribution in [-0.4, -0.2) is 47.0 Å². The van der Waals surface area contributed by atoms with Crippen molar-refractivity contribution in [2.24, 2.45) is 0 Å². The van der Waals surface area contributed by atoms with Crippen molar-refractivity contribution < 1.29 is 4.79 Å². The largest absolute Gasteiger partial charge is 0.351 e. The molecule has 1 aromatic heterocycles. The Balaban J connectivity index is 1.59. The maximum atomic E-state index is 12.3. The molecule has 0 radical (unpaired) electrons. The predicted molar refractivity (Wildman–Crippen MR) is 117 cm³/mol. The summed E-state index contributed by atoms with van der Waals surface area (Å²) in [4.78, 5) is 23.2. The van der Waals surface area contributed by atoms with Crippen LogP contribution < -0.4 is 10.6 Å². The van der Waals surface area contributed by atoms with Crippen LogP contribution in [0.15, 0.2) is 67.0 Å². The smallest absolute Gasteiger partial charge is 0.251 e. The van der Waals surface area contributed by atoms with Crippen molar-refractivity contribution in [3.8, 4) is 11.3 Å². The van der Waals surface area contributed by atoms with E-state index < -0.39 is 0 Å². The van der Waals surface area contributed by atoms with Gasteiger partial charge in [0.05, 0.1) is 5.69 Å². The summed E-state index contributed by atoms with van der Waals surface area (Å²) < 4.78 is 0. The molecule has 6 heteroatoms. The molecule has 150 valence electrons. The van der Waals surface area contributed by atoms with Gasteiger partial charge in [-0.25, -0.2) is 9.97 Å². The number of benzene rings is 2. The minimum Gasteiger partial charge on any atom is -0.351 e. The van der Waals surface area contributed by atoms with Gasteiger partial charge in [0.25, 0.3) is 5.91 Å². The molecule has 0 aliphatic heterocycles. The molecule has 3 rings (SSSR count). The zero-order valence-electron chi connectivity index (χ0n) is 16.9. The van der Waals surface area contributed by atoms with Crippen LogP contribution in [0.25, 0.3) is 11.3 Å². The van der Waals surface area contributed by atoms with E-state index in [1.54, 1.807) is 6.33 Å². The van der Waals surface area contributed by atoms with Crippen LogP contribution in [0.3, 0.4) is 0 Å². The summed E-state index contributed by atoms with van der Waals surface area (Å²) in [5.41, 5.74) is 3.40. The molecule has 0 saturated carbocycles. The lowest BCUT2D eigenvalue weighted by molar-refractivity contribution is 0.0949. The van der Waals surface area contributed by atoms with Crippen LogP contribution in [0, 0.1) is 0 Å².